The Labute approximate surface area is 95.2 Å². The molecule has 0 aliphatic heterocycles. The molecule has 5 nitrogen and oxygen atoms in total. The number of unbranched alkanes of at least 4 members (excludes halogenated alkanes) is 2. The van der Waals surface area contributed by atoms with E-state index in [4.69, 9.17) is 10.4 Å². The van der Waals surface area contributed by atoms with Gasteiger partial charge in [-0.15, -0.1) is 0 Å². The molecule has 0 spiro atoms. The van der Waals surface area contributed by atoms with E-state index >= 15 is 0 Å². The number of aryl methyl sites for hydroxylation is 1. The van der Waals surface area contributed by atoms with Crippen LogP contribution in [0.25, 0.3) is 0 Å². The molecule has 0 aliphatic carbocycles. The zero-order valence-corrected chi connectivity index (χ0v) is 9.40. The summed E-state index contributed by atoms with van der Waals surface area (Å²) < 4.78 is 0. The van der Waals surface area contributed by atoms with E-state index in [0.29, 0.717) is 11.6 Å². The molecule has 16 heavy (non-hydrogen) atoms. The van der Waals surface area contributed by atoms with E-state index in [-0.39, 0.29) is 6.61 Å². The van der Waals surface area contributed by atoms with Gasteiger partial charge in [0.15, 0.2) is 0 Å². The first kappa shape index (κ1) is 12.4. The SMILES string of the molecule is Cc1cc(C#N)nc(NCCCCCO)n1. The Morgan fingerprint density at radius 1 is 1.38 bits per heavy atom. The summed E-state index contributed by atoms with van der Waals surface area (Å²) >= 11 is 0. The van der Waals surface area contributed by atoms with Crippen molar-refractivity contribution in [1.82, 2.24) is 9.97 Å². The average Bonchev–Trinajstić information content (AvgIpc) is 2.28. The Kier molecular flexibility index (Phi) is 5.23. The zero-order valence-electron chi connectivity index (χ0n) is 9.40. The van der Waals surface area contributed by atoms with Gasteiger partial charge in [0, 0.05) is 18.8 Å². The van der Waals surface area contributed by atoms with Crippen molar-refractivity contribution in [2.24, 2.45) is 0 Å². The van der Waals surface area contributed by atoms with Crippen LogP contribution in [-0.4, -0.2) is 28.2 Å². The van der Waals surface area contributed by atoms with Gasteiger partial charge in [-0.25, -0.2) is 9.97 Å². The van der Waals surface area contributed by atoms with Gasteiger partial charge in [-0.1, -0.05) is 0 Å². The summed E-state index contributed by atoms with van der Waals surface area (Å²) in [5, 5.41) is 20.4. The molecule has 5 heteroatoms. The third kappa shape index (κ3) is 4.24. The van der Waals surface area contributed by atoms with Crippen LogP contribution in [0.3, 0.4) is 0 Å². The van der Waals surface area contributed by atoms with Crippen molar-refractivity contribution >= 4 is 5.95 Å². The van der Waals surface area contributed by atoms with Gasteiger partial charge >= 0.3 is 0 Å². The highest BCUT2D eigenvalue weighted by molar-refractivity contribution is 5.32. The van der Waals surface area contributed by atoms with Crippen LogP contribution in [0.15, 0.2) is 6.07 Å². The van der Waals surface area contributed by atoms with Gasteiger partial charge in [-0.2, -0.15) is 5.26 Å². The van der Waals surface area contributed by atoms with Gasteiger partial charge in [0.2, 0.25) is 5.95 Å². The molecule has 86 valence electrons. The smallest absolute Gasteiger partial charge is 0.224 e. The number of nitrogens with zero attached hydrogens (tertiary/aromatic N) is 3. The maximum atomic E-state index is 8.73. The van der Waals surface area contributed by atoms with E-state index in [2.05, 4.69) is 15.3 Å². The van der Waals surface area contributed by atoms with Gasteiger partial charge in [0.1, 0.15) is 11.8 Å². The van der Waals surface area contributed by atoms with E-state index in [1.54, 1.807) is 6.07 Å². The first-order chi connectivity index (χ1) is 7.76. The summed E-state index contributed by atoms with van der Waals surface area (Å²) in [5.41, 5.74) is 1.16. The molecule has 0 bridgehead atoms. The second-order valence-electron chi connectivity index (χ2n) is 3.54. The fourth-order valence-electron chi connectivity index (χ4n) is 1.32. The number of nitriles is 1. The maximum absolute atomic E-state index is 8.73. The molecule has 0 aliphatic rings. The average molecular weight is 220 g/mol. The highest BCUT2D eigenvalue weighted by Crippen LogP contribution is 2.04. The first-order valence-corrected chi connectivity index (χ1v) is 5.37. The van der Waals surface area contributed by atoms with E-state index < -0.39 is 0 Å². The Morgan fingerprint density at radius 3 is 2.88 bits per heavy atom. The van der Waals surface area contributed by atoms with E-state index in [1.807, 2.05) is 13.0 Å². The van der Waals surface area contributed by atoms with Crippen molar-refractivity contribution in [3.05, 3.63) is 17.5 Å². The second-order valence-corrected chi connectivity index (χ2v) is 3.54. The molecule has 0 radical (unpaired) electrons. The van der Waals surface area contributed by atoms with Crippen LogP contribution >= 0.6 is 0 Å². The van der Waals surface area contributed by atoms with Crippen molar-refractivity contribution < 1.29 is 5.11 Å². The lowest BCUT2D eigenvalue weighted by molar-refractivity contribution is 0.283. The number of rotatable bonds is 6. The third-order valence-electron chi connectivity index (χ3n) is 2.09. The molecule has 0 fully saturated rings. The van der Waals surface area contributed by atoms with Crippen molar-refractivity contribution in [3.63, 3.8) is 0 Å². The Hall–Kier alpha value is -1.67. The molecule has 2 N–H and O–H groups in total. The molecule has 0 saturated carbocycles. The molecule has 1 aromatic rings. The van der Waals surface area contributed by atoms with E-state index in [0.717, 1.165) is 31.5 Å². The number of hydrogen-bond donors (Lipinski definition) is 2. The van der Waals surface area contributed by atoms with Crippen LogP contribution in [0.5, 0.6) is 0 Å². The third-order valence-corrected chi connectivity index (χ3v) is 2.09. The molecule has 1 aromatic heterocycles. The van der Waals surface area contributed by atoms with Crippen LogP contribution < -0.4 is 5.32 Å². The normalized spacial score (nSPS) is 9.81. The molecule has 0 atom stereocenters. The summed E-state index contributed by atoms with van der Waals surface area (Å²) in [6.45, 7) is 2.83. The summed E-state index contributed by atoms with van der Waals surface area (Å²) in [4.78, 5) is 8.21. The van der Waals surface area contributed by atoms with E-state index in [1.165, 1.54) is 0 Å². The van der Waals surface area contributed by atoms with Crippen LogP contribution in [0.4, 0.5) is 5.95 Å². The Morgan fingerprint density at radius 2 is 2.19 bits per heavy atom. The molecule has 0 aromatic carbocycles. The zero-order chi connectivity index (χ0) is 11.8. The van der Waals surface area contributed by atoms with Gasteiger partial charge in [-0.05, 0) is 32.3 Å². The lowest BCUT2D eigenvalue weighted by atomic mass is 10.2. The highest BCUT2D eigenvalue weighted by Gasteiger charge is 2.00. The molecular formula is C11H16N4O. The largest absolute Gasteiger partial charge is 0.396 e. The van der Waals surface area contributed by atoms with Crippen LogP contribution in [0, 0.1) is 18.3 Å². The lowest BCUT2D eigenvalue weighted by Crippen LogP contribution is -2.07. The Balaban J connectivity index is 2.42. The van der Waals surface area contributed by atoms with Crippen LogP contribution in [0.2, 0.25) is 0 Å². The van der Waals surface area contributed by atoms with Crippen molar-refractivity contribution in [2.75, 3.05) is 18.5 Å². The number of aliphatic hydroxyl groups is 1. The fourth-order valence-corrected chi connectivity index (χ4v) is 1.32. The Bertz CT molecular complexity index is 373. The highest BCUT2D eigenvalue weighted by atomic mass is 16.2. The molecular weight excluding hydrogens is 204 g/mol. The van der Waals surface area contributed by atoms with Crippen LogP contribution in [-0.2, 0) is 0 Å². The monoisotopic (exact) mass is 220 g/mol. The molecule has 1 rings (SSSR count). The number of hydrogen-bond acceptors (Lipinski definition) is 5. The standard InChI is InChI=1S/C11H16N4O/c1-9-7-10(8-12)15-11(14-9)13-5-3-2-4-6-16/h7,16H,2-6H2,1H3,(H,13,14,15). The van der Waals surface area contributed by atoms with Crippen molar-refractivity contribution in [3.8, 4) is 6.07 Å². The van der Waals surface area contributed by atoms with Crippen molar-refractivity contribution in [1.29, 1.82) is 5.26 Å². The van der Waals surface area contributed by atoms with Gasteiger partial charge in [0.25, 0.3) is 0 Å². The summed E-state index contributed by atoms with van der Waals surface area (Å²) in [7, 11) is 0. The second kappa shape index (κ2) is 6.75. The topological polar surface area (TPSA) is 81.8 Å². The number of aromatic nitrogens is 2. The molecule has 1 heterocycles. The molecule has 0 amide bonds. The number of aliphatic hydroxyl groups excluding tert-OH is 1. The minimum Gasteiger partial charge on any atom is -0.396 e. The van der Waals surface area contributed by atoms with Crippen molar-refractivity contribution in [2.45, 2.75) is 26.2 Å². The predicted molar refractivity (Wildman–Crippen MR) is 60.9 cm³/mol. The summed E-state index contributed by atoms with van der Waals surface area (Å²) in [5.74, 6) is 0.501. The lowest BCUT2D eigenvalue weighted by Gasteiger charge is -2.05. The summed E-state index contributed by atoms with van der Waals surface area (Å²) in [6.07, 6.45) is 2.75. The van der Waals surface area contributed by atoms with Gasteiger partial charge in [-0.3, -0.25) is 0 Å². The van der Waals surface area contributed by atoms with Crippen LogP contribution in [0.1, 0.15) is 30.7 Å². The molecule has 0 unspecified atom stereocenters. The van der Waals surface area contributed by atoms with Gasteiger partial charge < -0.3 is 10.4 Å². The summed E-state index contributed by atoms with van der Waals surface area (Å²) in [6, 6.07) is 3.64. The molecule has 0 saturated heterocycles. The minimum absolute atomic E-state index is 0.236. The van der Waals surface area contributed by atoms with Gasteiger partial charge in [0.05, 0.1) is 0 Å². The van der Waals surface area contributed by atoms with E-state index in [9.17, 15) is 0 Å². The minimum atomic E-state index is 0.236. The fraction of sp³-hybridized carbons (Fsp3) is 0.545. The quantitative estimate of drug-likeness (QED) is 0.705. The predicted octanol–water partition coefficient (Wildman–Crippen LogP) is 1.23. The maximum Gasteiger partial charge on any atom is 0.224 e. The number of nitrogens with one attached hydrogen (secondary N) is 1. The first-order valence-electron chi connectivity index (χ1n) is 5.37. The number of anilines is 1.